The second-order valence-corrected chi connectivity index (χ2v) is 5.13. The summed E-state index contributed by atoms with van der Waals surface area (Å²) in [6.07, 6.45) is 3.11. The predicted octanol–water partition coefficient (Wildman–Crippen LogP) is 2.89. The molecule has 2 nitrogen and oxygen atoms in total. The summed E-state index contributed by atoms with van der Waals surface area (Å²) >= 11 is 0. The minimum atomic E-state index is -0.380. The Morgan fingerprint density at radius 2 is 1.71 bits per heavy atom. The van der Waals surface area contributed by atoms with Gasteiger partial charge >= 0.3 is 0 Å². The van der Waals surface area contributed by atoms with Crippen molar-refractivity contribution in [3.63, 3.8) is 0 Å². The molecular weight excluding hydrogens is 234 g/mol. The van der Waals surface area contributed by atoms with Gasteiger partial charge in [-0.3, -0.25) is 0 Å². The summed E-state index contributed by atoms with van der Waals surface area (Å²) in [7, 11) is 0. The first-order chi connectivity index (χ1) is 7.58. The van der Waals surface area contributed by atoms with Gasteiger partial charge in [0.25, 0.3) is 0 Å². The predicted molar refractivity (Wildman–Crippen MR) is 73.4 cm³/mol. The monoisotopic (exact) mass is 255 g/mol. The van der Waals surface area contributed by atoms with Crippen LogP contribution in [0, 0.1) is 19.8 Å². The van der Waals surface area contributed by atoms with Gasteiger partial charge in [0.2, 0.25) is 0 Å². The minimum Gasteiger partial charge on any atom is -0.391 e. The number of rotatable bonds is 3. The molecule has 2 rings (SSSR count). The number of aliphatic hydroxyl groups is 1. The Morgan fingerprint density at radius 1 is 1.18 bits per heavy atom. The van der Waals surface area contributed by atoms with E-state index < -0.39 is 0 Å². The molecule has 3 heteroatoms. The van der Waals surface area contributed by atoms with Gasteiger partial charge in [0, 0.05) is 0 Å². The lowest BCUT2D eigenvalue weighted by Gasteiger charge is -2.34. The minimum absolute atomic E-state index is 0. The van der Waals surface area contributed by atoms with Gasteiger partial charge in [-0.25, -0.2) is 0 Å². The second kappa shape index (κ2) is 5.85. The zero-order valence-electron chi connectivity index (χ0n) is 10.5. The third kappa shape index (κ3) is 3.21. The average Bonchev–Trinajstić information content (AvgIpc) is 2.12. The summed E-state index contributed by atoms with van der Waals surface area (Å²) in [6.45, 7) is 4.14. The number of halogens is 1. The van der Waals surface area contributed by atoms with E-state index in [0.29, 0.717) is 5.92 Å². The van der Waals surface area contributed by atoms with Crippen molar-refractivity contribution in [3.8, 4) is 0 Å². The van der Waals surface area contributed by atoms with Crippen LogP contribution in [-0.2, 0) is 0 Å². The van der Waals surface area contributed by atoms with E-state index in [-0.39, 0.29) is 24.6 Å². The van der Waals surface area contributed by atoms with Gasteiger partial charge in [-0.1, -0.05) is 35.7 Å². The molecule has 0 spiro atoms. The maximum Gasteiger partial charge on any atom is 0.0760 e. The van der Waals surface area contributed by atoms with E-state index in [0.717, 1.165) is 18.4 Å². The van der Waals surface area contributed by atoms with Crippen LogP contribution in [0.25, 0.3) is 0 Å². The van der Waals surface area contributed by atoms with Crippen molar-refractivity contribution in [2.75, 3.05) is 0 Å². The van der Waals surface area contributed by atoms with Gasteiger partial charge in [-0.2, -0.15) is 0 Å². The lowest BCUT2D eigenvalue weighted by atomic mass is 9.77. The van der Waals surface area contributed by atoms with Gasteiger partial charge in [0.1, 0.15) is 0 Å². The van der Waals surface area contributed by atoms with Crippen molar-refractivity contribution in [1.82, 2.24) is 0 Å². The third-order valence-electron chi connectivity index (χ3n) is 3.63. The van der Waals surface area contributed by atoms with Crippen LogP contribution in [-0.4, -0.2) is 11.2 Å². The van der Waals surface area contributed by atoms with E-state index in [9.17, 15) is 5.11 Å². The molecule has 17 heavy (non-hydrogen) atoms. The highest BCUT2D eigenvalue weighted by molar-refractivity contribution is 5.85. The van der Waals surface area contributed by atoms with E-state index >= 15 is 0 Å². The number of benzene rings is 1. The zero-order chi connectivity index (χ0) is 11.7. The highest BCUT2D eigenvalue weighted by atomic mass is 35.5. The largest absolute Gasteiger partial charge is 0.391 e. The molecule has 1 aromatic carbocycles. The Labute approximate surface area is 110 Å². The van der Waals surface area contributed by atoms with Gasteiger partial charge in [-0.05, 0) is 38.2 Å². The second-order valence-electron chi connectivity index (χ2n) is 5.13. The fourth-order valence-electron chi connectivity index (χ4n) is 2.47. The van der Waals surface area contributed by atoms with Gasteiger partial charge < -0.3 is 10.8 Å². The fourth-order valence-corrected chi connectivity index (χ4v) is 2.47. The molecule has 2 atom stereocenters. The van der Waals surface area contributed by atoms with Crippen LogP contribution < -0.4 is 5.73 Å². The summed E-state index contributed by atoms with van der Waals surface area (Å²) in [5.41, 5.74) is 9.63. The van der Waals surface area contributed by atoms with E-state index in [4.69, 9.17) is 5.73 Å². The molecule has 0 amide bonds. The van der Waals surface area contributed by atoms with Crippen LogP contribution in [0.2, 0.25) is 0 Å². The van der Waals surface area contributed by atoms with Gasteiger partial charge in [0.05, 0.1) is 12.1 Å². The van der Waals surface area contributed by atoms with Gasteiger partial charge in [0.15, 0.2) is 0 Å². The molecule has 1 fully saturated rings. The van der Waals surface area contributed by atoms with Crippen molar-refractivity contribution >= 4 is 12.4 Å². The third-order valence-corrected chi connectivity index (χ3v) is 3.63. The molecule has 1 aromatic rings. The molecule has 1 saturated carbocycles. The molecule has 1 aliphatic carbocycles. The highest BCUT2D eigenvalue weighted by Crippen LogP contribution is 2.34. The number of nitrogens with two attached hydrogens (primary N) is 1. The smallest absolute Gasteiger partial charge is 0.0760 e. The molecule has 0 aliphatic heterocycles. The number of hydrogen-bond donors (Lipinski definition) is 2. The van der Waals surface area contributed by atoms with E-state index in [2.05, 4.69) is 32.0 Å². The van der Waals surface area contributed by atoms with Crippen LogP contribution in [0.4, 0.5) is 0 Å². The lowest BCUT2D eigenvalue weighted by Crippen LogP contribution is -2.36. The van der Waals surface area contributed by atoms with E-state index in [1.165, 1.54) is 17.5 Å². The summed E-state index contributed by atoms with van der Waals surface area (Å²) < 4.78 is 0. The molecule has 3 N–H and O–H groups in total. The first-order valence-corrected chi connectivity index (χ1v) is 6.10. The van der Waals surface area contributed by atoms with Crippen molar-refractivity contribution < 1.29 is 5.11 Å². The summed E-state index contributed by atoms with van der Waals surface area (Å²) in [6, 6.07) is 6.06. The molecule has 0 aromatic heterocycles. The zero-order valence-corrected chi connectivity index (χ0v) is 11.3. The fraction of sp³-hybridized carbons (Fsp3) is 0.571. The Bertz CT molecular complexity index is 356. The van der Waals surface area contributed by atoms with Crippen LogP contribution >= 0.6 is 12.4 Å². The molecule has 0 bridgehead atoms. The molecule has 0 unspecified atom stereocenters. The summed E-state index contributed by atoms with van der Waals surface area (Å²) in [5.74, 6) is 0.413. The molecule has 0 saturated heterocycles. The van der Waals surface area contributed by atoms with E-state index in [1.54, 1.807) is 0 Å². The molecule has 96 valence electrons. The van der Waals surface area contributed by atoms with Gasteiger partial charge in [-0.15, -0.1) is 12.4 Å². The summed E-state index contributed by atoms with van der Waals surface area (Å²) in [4.78, 5) is 0. The maximum atomic E-state index is 10.1. The maximum absolute atomic E-state index is 10.1. The topological polar surface area (TPSA) is 46.2 Å². The SMILES string of the molecule is Cc1cc(C)cc([C@@H](N)[C@@H](O)C2CCC2)c1.Cl. The standard InChI is InChI=1S/C14H21NO.ClH/c1-9-6-10(2)8-12(7-9)13(15)14(16)11-4-3-5-11;/h6-8,11,13-14,16H,3-5,15H2,1-2H3;1H/t13-,14+;/m1./s1. The number of aliphatic hydroxyl groups excluding tert-OH is 1. The normalized spacial score (nSPS) is 19.1. The van der Waals surface area contributed by atoms with Crippen LogP contribution in [0.1, 0.15) is 42.0 Å². The first-order valence-electron chi connectivity index (χ1n) is 6.10. The van der Waals surface area contributed by atoms with Crippen LogP contribution in [0.5, 0.6) is 0 Å². The molecule has 0 radical (unpaired) electrons. The number of aryl methyl sites for hydroxylation is 2. The average molecular weight is 256 g/mol. The Balaban J connectivity index is 0.00000144. The van der Waals surface area contributed by atoms with E-state index in [1.807, 2.05) is 0 Å². The van der Waals surface area contributed by atoms with Crippen molar-refractivity contribution in [1.29, 1.82) is 0 Å². The van der Waals surface area contributed by atoms with Crippen molar-refractivity contribution in [2.45, 2.75) is 45.3 Å². The van der Waals surface area contributed by atoms with Crippen LogP contribution in [0.15, 0.2) is 18.2 Å². The lowest BCUT2D eigenvalue weighted by molar-refractivity contribution is 0.0413. The summed E-state index contributed by atoms with van der Waals surface area (Å²) in [5, 5.41) is 10.1. The number of hydrogen-bond acceptors (Lipinski definition) is 2. The van der Waals surface area contributed by atoms with Crippen LogP contribution in [0.3, 0.4) is 0 Å². The quantitative estimate of drug-likeness (QED) is 0.873. The Morgan fingerprint density at radius 3 is 2.12 bits per heavy atom. The molecular formula is C14H22ClNO. The highest BCUT2D eigenvalue weighted by Gasteiger charge is 2.30. The van der Waals surface area contributed by atoms with Crippen molar-refractivity contribution in [2.24, 2.45) is 11.7 Å². The Kier molecular flexibility index (Phi) is 4.99. The molecule has 1 aliphatic rings. The Hall–Kier alpha value is -0.570. The first kappa shape index (κ1) is 14.5. The molecule has 0 heterocycles. The van der Waals surface area contributed by atoms with Crippen molar-refractivity contribution in [3.05, 3.63) is 34.9 Å².